The molecule has 0 spiro atoms. The lowest BCUT2D eigenvalue weighted by atomic mass is 10.1. The van der Waals surface area contributed by atoms with E-state index in [0.717, 1.165) is 9.80 Å². The number of amides is 4. The molecule has 2 aliphatic heterocycles. The Morgan fingerprint density at radius 1 is 0.933 bits per heavy atom. The Hall–Kier alpha value is -3.59. The van der Waals surface area contributed by atoms with E-state index in [0.29, 0.717) is 28.8 Å². The van der Waals surface area contributed by atoms with Gasteiger partial charge in [-0.1, -0.05) is 18.2 Å². The zero-order valence-corrected chi connectivity index (χ0v) is 17.1. The molecule has 8 nitrogen and oxygen atoms in total. The summed E-state index contributed by atoms with van der Waals surface area (Å²) in [5.74, 6) is -0.990. The SMILES string of the molecule is COc1ccc(N2C(=O)S/C(=C3\C(=O)N(C(C)=O)c4ccccc43)C2=O)c(OC)c1. The van der Waals surface area contributed by atoms with Crippen LogP contribution in [0.3, 0.4) is 0 Å². The highest BCUT2D eigenvalue weighted by molar-refractivity contribution is 8.19. The number of methoxy groups -OCH3 is 2. The number of ether oxygens (including phenoxy) is 2. The normalized spacial score (nSPS) is 18.2. The molecule has 0 N–H and O–H groups in total. The molecule has 0 unspecified atom stereocenters. The average Bonchev–Trinajstić information content (AvgIpc) is 3.19. The average molecular weight is 424 g/mol. The molecular formula is C21H16N2O6S. The third kappa shape index (κ3) is 2.86. The Morgan fingerprint density at radius 3 is 2.33 bits per heavy atom. The van der Waals surface area contributed by atoms with Gasteiger partial charge in [0.2, 0.25) is 5.91 Å². The van der Waals surface area contributed by atoms with E-state index in [-0.39, 0.29) is 21.9 Å². The van der Waals surface area contributed by atoms with Crippen LogP contribution in [0, 0.1) is 0 Å². The topological polar surface area (TPSA) is 93.2 Å². The monoisotopic (exact) mass is 424 g/mol. The van der Waals surface area contributed by atoms with Crippen molar-refractivity contribution in [3.05, 3.63) is 52.9 Å². The molecule has 1 saturated heterocycles. The van der Waals surface area contributed by atoms with Gasteiger partial charge < -0.3 is 9.47 Å². The summed E-state index contributed by atoms with van der Waals surface area (Å²) in [7, 11) is 2.90. The van der Waals surface area contributed by atoms with Crippen LogP contribution in [-0.4, -0.2) is 37.2 Å². The second-order valence-electron chi connectivity index (χ2n) is 6.43. The van der Waals surface area contributed by atoms with Gasteiger partial charge in [0.25, 0.3) is 17.1 Å². The second kappa shape index (κ2) is 7.34. The van der Waals surface area contributed by atoms with Crippen LogP contribution in [0.5, 0.6) is 11.5 Å². The summed E-state index contributed by atoms with van der Waals surface area (Å²) in [5.41, 5.74) is 1.10. The van der Waals surface area contributed by atoms with Crippen LogP contribution in [0.1, 0.15) is 12.5 Å². The summed E-state index contributed by atoms with van der Waals surface area (Å²) in [6.07, 6.45) is 0. The fourth-order valence-corrected chi connectivity index (χ4v) is 4.37. The standard InChI is InChI=1S/C21H16N2O6S/c1-11(24)22-14-7-5-4-6-13(14)17(19(22)25)18-20(26)23(21(27)30-18)15-9-8-12(28-2)10-16(15)29-3/h4-10H,1-3H3/b18-17-. The number of nitrogens with zero attached hydrogens (tertiary/aromatic N) is 2. The van der Waals surface area contributed by atoms with Gasteiger partial charge in [-0.25, -0.2) is 9.80 Å². The van der Waals surface area contributed by atoms with Crippen molar-refractivity contribution in [3.63, 3.8) is 0 Å². The fraction of sp³-hybridized carbons (Fsp3) is 0.143. The maximum Gasteiger partial charge on any atom is 0.298 e. The van der Waals surface area contributed by atoms with Gasteiger partial charge in [-0.05, 0) is 30.0 Å². The minimum Gasteiger partial charge on any atom is -0.497 e. The molecule has 2 aromatic carbocycles. The van der Waals surface area contributed by atoms with Crippen LogP contribution in [-0.2, 0) is 14.4 Å². The summed E-state index contributed by atoms with van der Waals surface area (Å²) >= 11 is 0.656. The molecule has 9 heteroatoms. The fourth-order valence-electron chi connectivity index (χ4n) is 3.44. The third-order valence-electron chi connectivity index (χ3n) is 4.77. The highest BCUT2D eigenvalue weighted by Crippen LogP contribution is 2.47. The zero-order chi connectivity index (χ0) is 21.6. The van der Waals surface area contributed by atoms with E-state index in [1.165, 1.54) is 27.2 Å². The summed E-state index contributed by atoms with van der Waals surface area (Å²) in [6, 6.07) is 11.4. The van der Waals surface area contributed by atoms with Crippen LogP contribution < -0.4 is 19.3 Å². The number of thioether (sulfide) groups is 1. The molecule has 1 fully saturated rings. The van der Waals surface area contributed by atoms with Gasteiger partial charge in [0, 0.05) is 18.6 Å². The Morgan fingerprint density at radius 2 is 1.67 bits per heavy atom. The number of carbonyl (C=O) groups excluding carboxylic acids is 4. The molecule has 4 rings (SSSR count). The molecule has 2 aliphatic rings. The Balaban J connectivity index is 1.85. The van der Waals surface area contributed by atoms with Crippen molar-refractivity contribution in [1.82, 2.24) is 0 Å². The number of carbonyl (C=O) groups is 4. The van der Waals surface area contributed by atoms with E-state index < -0.39 is 23.0 Å². The molecule has 0 aliphatic carbocycles. The first-order valence-electron chi connectivity index (χ1n) is 8.86. The molecule has 0 atom stereocenters. The lowest BCUT2D eigenvalue weighted by Gasteiger charge is -2.17. The van der Waals surface area contributed by atoms with E-state index >= 15 is 0 Å². The minimum absolute atomic E-state index is 0.0286. The maximum absolute atomic E-state index is 13.2. The smallest absolute Gasteiger partial charge is 0.298 e. The number of hydrogen-bond acceptors (Lipinski definition) is 7. The van der Waals surface area contributed by atoms with Crippen LogP contribution in [0.15, 0.2) is 47.4 Å². The molecule has 0 aromatic heterocycles. The van der Waals surface area contributed by atoms with Crippen molar-refractivity contribution in [1.29, 1.82) is 0 Å². The summed E-state index contributed by atoms with van der Waals surface area (Å²) < 4.78 is 10.5. The van der Waals surface area contributed by atoms with Crippen molar-refractivity contribution in [2.75, 3.05) is 24.0 Å². The van der Waals surface area contributed by atoms with Crippen molar-refractivity contribution in [2.45, 2.75) is 6.92 Å². The van der Waals surface area contributed by atoms with Gasteiger partial charge in [-0.2, -0.15) is 0 Å². The Bertz CT molecular complexity index is 1160. The number of para-hydroxylation sites is 1. The molecule has 0 radical (unpaired) electrons. The van der Waals surface area contributed by atoms with Crippen LogP contribution >= 0.6 is 11.8 Å². The predicted molar refractivity (Wildman–Crippen MR) is 112 cm³/mol. The zero-order valence-electron chi connectivity index (χ0n) is 16.3. The van der Waals surface area contributed by atoms with E-state index in [2.05, 4.69) is 0 Å². The van der Waals surface area contributed by atoms with E-state index in [1.54, 1.807) is 36.4 Å². The molecule has 30 heavy (non-hydrogen) atoms. The van der Waals surface area contributed by atoms with Gasteiger partial charge >= 0.3 is 0 Å². The van der Waals surface area contributed by atoms with Gasteiger partial charge in [-0.3, -0.25) is 19.2 Å². The third-order valence-corrected chi connectivity index (χ3v) is 5.71. The first kappa shape index (κ1) is 19.7. The molecule has 0 bridgehead atoms. The number of fused-ring (bicyclic) bond motifs is 1. The van der Waals surface area contributed by atoms with Crippen molar-refractivity contribution < 1.29 is 28.7 Å². The molecule has 152 valence electrons. The number of rotatable bonds is 3. The quantitative estimate of drug-likeness (QED) is 0.699. The minimum atomic E-state index is -0.656. The van der Waals surface area contributed by atoms with Crippen molar-refractivity contribution in [3.8, 4) is 11.5 Å². The largest absolute Gasteiger partial charge is 0.497 e. The molecular weight excluding hydrogens is 408 g/mol. The van der Waals surface area contributed by atoms with Gasteiger partial charge in [0.15, 0.2) is 0 Å². The van der Waals surface area contributed by atoms with E-state index in [9.17, 15) is 19.2 Å². The van der Waals surface area contributed by atoms with Crippen LogP contribution in [0.25, 0.3) is 5.57 Å². The van der Waals surface area contributed by atoms with Gasteiger partial charge in [0.05, 0.1) is 36.1 Å². The Labute approximate surface area is 176 Å². The number of benzene rings is 2. The van der Waals surface area contributed by atoms with Gasteiger partial charge in [-0.15, -0.1) is 0 Å². The highest BCUT2D eigenvalue weighted by atomic mass is 32.2. The first-order valence-corrected chi connectivity index (χ1v) is 9.67. The predicted octanol–water partition coefficient (Wildman–Crippen LogP) is 3.21. The first-order chi connectivity index (χ1) is 14.4. The van der Waals surface area contributed by atoms with Crippen molar-refractivity contribution >= 4 is 51.7 Å². The maximum atomic E-state index is 13.2. The summed E-state index contributed by atoms with van der Waals surface area (Å²) in [6.45, 7) is 1.27. The van der Waals surface area contributed by atoms with Crippen molar-refractivity contribution in [2.24, 2.45) is 0 Å². The molecule has 2 heterocycles. The summed E-state index contributed by atoms with van der Waals surface area (Å²) in [4.78, 5) is 53.0. The van der Waals surface area contributed by atoms with Crippen LogP contribution in [0.4, 0.5) is 16.2 Å². The lowest BCUT2D eigenvalue weighted by molar-refractivity contribution is -0.122. The lowest BCUT2D eigenvalue weighted by Crippen LogP contribution is -2.32. The van der Waals surface area contributed by atoms with E-state index in [1.807, 2.05) is 0 Å². The molecule has 4 amide bonds. The van der Waals surface area contributed by atoms with Crippen LogP contribution in [0.2, 0.25) is 0 Å². The number of anilines is 2. The summed E-state index contributed by atoms with van der Waals surface area (Å²) in [5, 5.41) is -0.572. The van der Waals surface area contributed by atoms with Gasteiger partial charge in [0.1, 0.15) is 11.5 Å². The van der Waals surface area contributed by atoms with E-state index in [4.69, 9.17) is 9.47 Å². The highest BCUT2D eigenvalue weighted by Gasteiger charge is 2.45. The number of imide groups is 2. The molecule has 2 aromatic rings. The second-order valence-corrected chi connectivity index (χ2v) is 7.39. The Kier molecular flexibility index (Phi) is 4.83. The molecule has 0 saturated carbocycles. The number of hydrogen-bond donors (Lipinski definition) is 0.